The van der Waals surface area contributed by atoms with Crippen LogP contribution in [-0.4, -0.2) is 73.2 Å². The van der Waals surface area contributed by atoms with Gasteiger partial charge in [-0.05, 0) is 62.1 Å². The Labute approximate surface area is 232 Å². The van der Waals surface area contributed by atoms with Crippen LogP contribution in [0.25, 0.3) is 0 Å². The van der Waals surface area contributed by atoms with Crippen LogP contribution in [0.2, 0.25) is 5.02 Å². The summed E-state index contributed by atoms with van der Waals surface area (Å²) in [7, 11) is 3.37. The van der Waals surface area contributed by atoms with E-state index in [-0.39, 0.29) is 19.0 Å². The molecule has 0 spiro atoms. The highest BCUT2D eigenvalue weighted by molar-refractivity contribution is 6.34. The minimum atomic E-state index is -5.12. The zero-order valence-corrected chi connectivity index (χ0v) is 23.0. The standard InChI is InChI=1S/C29H35ClF3N3O3/c1-34(2)26(37)24-9-8-23(19-25(24)30)35-14-10-20(11-15-35)18-21-12-16-36(17-13-21)27(38)28(39,29(31,32)33)22-6-4-3-5-7-22/h3-9,19-21,39H,10-18H2,1-2H3. The number of alkyl halides is 3. The minimum Gasteiger partial charge on any atom is -0.371 e. The van der Waals surface area contributed by atoms with Crippen molar-refractivity contribution in [3.8, 4) is 0 Å². The van der Waals surface area contributed by atoms with Gasteiger partial charge in [-0.1, -0.05) is 41.9 Å². The Kier molecular flexibility index (Phi) is 8.81. The lowest BCUT2D eigenvalue weighted by atomic mass is 9.82. The van der Waals surface area contributed by atoms with E-state index in [1.54, 1.807) is 26.2 Å². The number of halogens is 4. The van der Waals surface area contributed by atoms with Crippen molar-refractivity contribution in [2.75, 3.05) is 45.2 Å². The summed E-state index contributed by atoms with van der Waals surface area (Å²) in [6, 6.07) is 12.1. The molecule has 0 aliphatic carbocycles. The van der Waals surface area contributed by atoms with E-state index in [1.807, 2.05) is 12.1 Å². The highest BCUT2D eigenvalue weighted by atomic mass is 35.5. The third-order valence-corrected chi connectivity index (χ3v) is 8.36. The van der Waals surface area contributed by atoms with Gasteiger partial charge >= 0.3 is 6.18 Å². The van der Waals surface area contributed by atoms with Gasteiger partial charge in [-0.15, -0.1) is 0 Å². The van der Waals surface area contributed by atoms with E-state index in [9.17, 15) is 27.9 Å². The first-order valence-electron chi connectivity index (χ1n) is 13.3. The maximum atomic E-state index is 13.9. The third-order valence-electron chi connectivity index (χ3n) is 8.05. The Bertz CT molecular complexity index is 1160. The lowest BCUT2D eigenvalue weighted by Gasteiger charge is -2.40. The molecule has 2 aliphatic rings. The molecule has 0 bridgehead atoms. The minimum absolute atomic E-state index is 0.138. The third kappa shape index (κ3) is 6.19. The Hall–Kier alpha value is -2.78. The Balaban J connectivity index is 1.29. The zero-order valence-electron chi connectivity index (χ0n) is 22.3. The van der Waals surface area contributed by atoms with Crippen LogP contribution in [0.1, 0.15) is 48.0 Å². The van der Waals surface area contributed by atoms with Crippen molar-refractivity contribution in [1.29, 1.82) is 0 Å². The molecule has 2 aromatic carbocycles. The Morgan fingerprint density at radius 1 is 0.949 bits per heavy atom. The molecule has 2 aliphatic heterocycles. The van der Waals surface area contributed by atoms with Gasteiger partial charge in [-0.3, -0.25) is 9.59 Å². The Morgan fingerprint density at radius 3 is 2.03 bits per heavy atom. The van der Waals surface area contributed by atoms with Crippen molar-refractivity contribution in [1.82, 2.24) is 9.80 Å². The van der Waals surface area contributed by atoms with Gasteiger partial charge in [0.2, 0.25) is 0 Å². The largest absolute Gasteiger partial charge is 0.430 e. The maximum Gasteiger partial charge on any atom is 0.430 e. The molecule has 2 fully saturated rings. The predicted molar refractivity (Wildman–Crippen MR) is 145 cm³/mol. The molecule has 0 saturated carbocycles. The number of nitrogens with zero attached hydrogens (tertiary/aromatic N) is 3. The first kappa shape index (κ1) is 29.2. The molecule has 10 heteroatoms. The summed E-state index contributed by atoms with van der Waals surface area (Å²) in [5.41, 5.74) is -2.55. The van der Waals surface area contributed by atoms with Gasteiger partial charge < -0.3 is 19.8 Å². The monoisotopic (exact) mass is 565 g/mol. The summed E-state index contributed by atoms with van der Waals surface area (Å²) in [5, 5.41) is 11.1. The molecule has 212 valence electrons. The second kappa shape index (κ2) is 11.8. The van der Waals surface area contributed by atoms with Gasteiger partial charge in [0.15, 0.2) is 0 Å². The van der Waals surface area contributed by atoms with Crippen molar-refractivity contribution in [3.05, 3.63) is 64.7 Å². The average molecular weight is 566 g/mol. The van der Waals surface area contributed by atoms with Crippen LogP contribution in [0.5, 0.6) is 0 Å². The quantitative estimate of drug-likeness (QED) is 0.514. The number of amides is 2. The molecule has 1 atom stereocenters. The molecule has 2 aromatic rings. The van der Waals surface area contributed by atoms with Crippen molar-refractivity contribution in [2.45, 2.75) is 43.9 Å². The topological polar surface area (TPSA) is 64.1 Å². The van der Waals surface area contributed by atoms with Crippen LogP contribution in [-0.2, 0) is 10.4 Å². The van der Waals surface area contributed by atoms with Crippen LogP contribution < -0.4 is 4.90 Å². The highest BCUT2D eigenvalue weighted by Gasteiger charge is 2.62. The SMILES string of the molecule is CN(C)C(=O)c1ccc(N2CCC(CC3CCN(C(=O)C(O)(c4ccccc4)C(F)(F)F)CC3)CC2)cc1Cl. The van der Waals surface area contributed by atoms with E-state index in [4.69, 9.17) is 11.6 Å². The van der Waals surface area contributed by atoms with E-state index >= 15 is 0 Å². The molecular weight excluding hydrogens is 531 g/mol. The summed E-state index contributed by atoms with van der Waals surface area (Å²) < 4.78 is 41.8. The van der Waals surface area contributed by atoms with Crippen molar-refractivity contribution in [2.24, 2.45) is 11.8 Å². The smallest absolute Gasteiger partial charge is 0.371 e. The predicted octanol–water partition coefficient (Wildman–Crippen LogP) is 5.34. The van der Waals surface area contributed by atoms with Crippen molar-refractivity contribution in [3.63, 3.8) is 0 Å². The molecule has 2 heterocycles. The molecule has 1 N–H and O–H groups in total. The fourth-order valence-electron chi connectivity index (χ4n) is 5.70. The number of hydrogen-bond donors (Lipinski definition) is 1. The van der Waals surface area contributed by atoms with Gasteiger partial charge in [-0.2, -0.15) is 13.2 Å². The summed E-state index contributed by atoms with van der Waals surface area (Å²) in [6.45, 7) is 2.11. The molecular formula is C29H35ClF3N3O3. The fraction of sp³-hybridized carbons (Fsp3) is 0.517. The highest BCUT2D eigenvalue weighted by Crippen LogP contribution is 2.41. The Morgan fingerprint density at radius 2 is 1.51 bits per heavy atom. The molecule has 6 nitrogen and oxygen atoms in total. The van der Waals surface area contributed by atoms with Crippen LogP contribution >= 0.6 is 11.6 Å². The number of likely N-dealkylation sites (tertiary alicyclic amines) is 1. The molecule has 0 aromatic heterocycles. The number of piperidine rings is 2. The number of rotatable bonds is 6. The van der Waals surface area contributed by atoms with Crippen molar-refractivity contribution < 1.29 is 27.9 Å². The molecule has 0 radical (unpaired) electrons. The van der Waals surface area contributed by atoms with Crippen molar-refractivity contribution >= 4 is 29.1 Å². The van der Waals surface area contributed by atoms with Crippen LogP contribution in [0.15, 0.2) is 48.5 Å². The van der Waals surface area contributed by atoms with E-state index in [1.165, 1.54) is 17.0 Å². The second-order valence-corrected chi connectivity index (χ2v) is 11.2. The number of hydrogen-bond acceptors (Lipinski definition) is 4. The van der Waals surface area contributed by atoms with Gasteiger partial charge in [0.05, 0.1) is 10.6 Å². The summed E-state index contributed by atoms with van der Waals surface area (Å²) in [6.07, 6.45) is -0.955. The van der Waals surface area contributed by atoms with Crippen LogP contribution in [0.3, 0.4) is 0 Å². The van der Waals surface area contributed by atoms with E-state index in [0.29, 0.717) is 35.3 Å². The van der Waals surface area contributed by atoms with Gasteiger partial charge in [0.25, 0.3) is 17.4 Å². The van der Waals surface area contributed by atoms with Gasteiger partial charge in [0, 0.05) is 51.5 Å². The van der Waals surface area contributed by atoms with Crippen LogP contribution in [0.4, 0.5) is 18.9 Å². The lowest BCUT2D eigenvalue weighted by Crippen LogP contribution is -2.57. The van der Waals surface area contributed by atoms with Gasteiger partial charge in [0.1, 0.15) is 0 Å². The summed E-state index contributed by atoms with van der Waals surface area (Å²) in [4.78, 5) is 30.1. The zero-order chi connectivity index (χ0) is 28.4. The molecule has 2 saturated heterocycles. The van der Waals surface area contributed by atoms with Crippen LogP contribution in [0, 0.1) is 11.8 Å². The number of aliphatic hydroxyl groups is 1. The fourth-order valence-corrected chi connectivity index (χ4v) is 5.96. The number of carbonyl (C=O) groups is 2. The molecule has 4 rings (SSSR count). The maximum absolute atomic E-state index is 13.9. The lowest BCUT2D eigenvalue weighted by molar-refractivity contribution is -0.262. The number of carbonyl (C=O) groups excluding carboxylic acids is 2. The van der Waals surface area contributed by atoms with E-state index in [0.717, 1.165) is 55.1 Å². The van der Waals surface area contributed by atoms with E-state index in [2.05, 4.69) is 4.90 Å². The molecule has 1 unspecified atom stereocenters. The summed E-state index contributed by atoms with van der Waals surface area (Å²) >= 11 is 6.39. The summed E-state index contributed by atoms with van der Waals surface area (Å²) in [5.74, 6) is -0.617. The first-order chi connectivity index (χ1) is 18.4. The average Bonchev–Trinajstić information content (AvgIpc) is 2.92. The first-order valence-corrected chi connectivity index (χ1v) is 13.7. The normalized spacial score (nSPS) is 19.1. The molecule has 2 amide bonds. The number of benzene rings is 2. The molecule has 39 heavy (non-hydrogen) atoms. The number of anilines is 1. The van der Waals surface area contributed by atoms with E-state index < -0.39 is 23.2 Å². The second-order valence-electron chi connectivity index (χ2n) is 10.8. The van der Waals surface area contributed by atoms with Gasteiger partial charge in [-0.25, -0.2) is 0 Å².